The van der Waals surface area contributed by atoms with Crippen LogP contribution in [0.15, 0.2) is 24.3 Å². The zero-order valence-corrected chi connectivity index (χ0v) is 9.60. The van der Waals surface area contributed by atoms with Gasteiger partial charge in [-0.3, -0.25) is 4.79 Å². The van der Waals surface area contributed by atoms with Crippen LogP contribution < -0.4 is 11.1 Å². The molecule has 0 radical (unpaired) electrons. The molecule has 16 heavy (non-hydrogen) atoms. The Morgan fingerprint density at radius 1 is 1.38 bits per heavy atom. The molecule has 0 heterocycles. The van der Waals surface area contributed by atoms with Gasteiger partial charge in [0.1, 0.15) is 5.75 Å². The van der Waals surface area contributed by atoms with E-state index < -0.39 is 6.04 Å². The zero-order valence-electron chi connectivity index (χ0n) is 9.60. The molecule has 4 nitrogen and oxygen atoms in total. The Kier molecular flexibility index (Phi) is 4.31. The maximum absolute atomic E-state index is 11.5. The number of carbonyl (C=O) groups is 1. The van der Waals surface area contributed by atoms with Gasteiger partial charge in [-0.1, -0.05) is 12.1 Å². The van der Waals surface area contributed by atoms with Gasteiger partial charge in [0, 0.05) is 6.04 Å². The Bertz CT molecular complexity index is 347. The van der Waals surface area contributed by atoms with Crippen molar-refractivity contribution in [2.75, 3.05) is 0 Å². The summed E-state index contributed by atoms with van der Waals surface area (Å²) in [4.78, 5) is 11.5. The molecule has 0 unspecified atom stereocenters. The molecular formula is C12H18N2O2. The van der Waals surface area contributed by atoms with Crippen molar-refractivity contribution in [1.29, 1.82) is 0 Å². The molecule has 1 aromatic rings. The van der Waals surface area contributed by atoms with Crippen molar-refractivity contribution in [2.24, 2.45) is 5.73 Å². The number of hydrogen-bond acceptors (Lipinski definition) is 3. The van der Waals surface area contributed by atoms with Gasteiger partial charge in [0.05, 0.1) is 6.04 Å². The number of aromatic hydroxyl groups is 1. The summed E-state index contributed by atoms with van der Waals surface area (Å²) in [5, 5.41) is 11.9. The number of benzene rings is 1. The molecule has 0 saturated carbocycles. The minimum Gasteiger partial charge on any atom is -0.508 e. The van der Waals surface area contributed by atoms with Crippen molar-refractivity contribution in [1.82, 2.24) is 5.32 Å². The average molecular weight is 222 g/mol. The third-order valence-electron chi connectivity index (χ3n) is 2.16. The summed E-state index contributed by atoms with van der Waals surface area (Å²) in [6.45, 7) is 3.79. The van der Waals surface area contributed by atoms with E-state index in [-0.39, 0.29) is 17.7 Å². The molecule has 1 aromatic carbocycles. The van der Waals surface area contributed by atoms with Crippen LogP contribution in [0.3, 0.4) is 0 Å². The first kappa shape index (κ1) is 12.5. The number of nitrogens with one attached hydrogen (secondary N) is 1. The fraction of sp³-hybridized carbons (Fsp3) is 0.417. The van der Waals surface area contributed by atoms with Gasteiger partial charge in [-0.2, -0.15) is 0 Å². The van der Waals surface area contributed by atoms with Gasteiger partial charge in [-0.05, 0) is 38.0 Å². The molecule has 0 spiro atoms. The predicted molar refractivity (Wildman–Crippen MR) is 63.1 cm³/mol. The molecule has 88 valence electrons. The van der Waals surface area contributed by atoms with Crippen molar-refractivity contribution >= 4 is 5.91 Å². The Balaban J connectivity index is 2.53. The number of rotatable bonds is 4. The molecule has 0 fully saturated rings. The quantitative estimate of drug-likeness (QED) is 0.705. The lowest BCUT2D eigenvalue weighted by Gasteiger charge is -2.14. The van der Waals surface area contributed by atoms with E-state index in [4.69, 9.17) is 10.8 Å². The third-order valence-corrected chi connectivity index (χ3v) is 2.16. The third kappa shape index (κ3) is 3.90. The van der Waals surface area contributed by atoms with Crippen molar-refractivity contribution in [2.45, 2.75) is 32.4 Å². The van der Waals surface area contributed by atoms with Crippen molar-refractivity contribution < 1.29 is 9.90 Å². The zero-order chi connectivity index (χ0) is 12.1. The number of phenols is 1. The van der Waals surface area contributed by atoms with Crippen LogP contribution in [0.5, 0.6) is 5.75 Å². The van der Waals surface area contributed by atoms with Crippen molar-refractivity contribution in [3.8, 4) is 5.75 Å². The van der Waals surface area contributed by atoms with E-state index >= 15 is 0 Å². The summed E-state index contributed by atoms with van der Waals surface area (Å²) >= 11 is 0. The van der Waals surface area contributed by atoms with Gasteiger partial charge in [0.25, 0.3) is 0 Å². The van der Waals surface area contributed by atoms with Crippen LogP contribution in [-0.2, 0) is 11.2 Å². The lowest BCUT2D eigenvalue weighted by Crippen LogP contribution is -2.44. The van der Waals surface area contributed by atoms with Gasteiger partial charge in [-0.15, -0.1) is 0 Å². The summed E-state index contributed by atoms with van der Waals surface area (Å²) in [7, 11) is 0. The second-order valence-corrected chi connectivity index (χ2v) is 4.14. The van der Waals surface area contributed by atoms with Crippen LogP contribution in [0.2, 0.25) is 0 Å². The van der Waals surface area contributed by atoms with E-state index in [0.29, 0.717) is 6.42 Å². The summed E-state index contributed by atoms with van der Waals surface area (Å²) in [6, 6.07) is 6.24. The fourth-order valence-corrected chi connectivity index (χ4v) is 1.37. The summed E-state index contributed by atoms with van der Waals surface area (Å²) < 4.78 is 0. The standard InChI is InChI=1S/C12H18N2O2/c1-8(2)14-12(16)11(13)7-9-3-5-10(15)6-4-9/h3-6,8,11,15H,7,13H2,1-2H3,(H,14,16)/t11-/m0/s1. The Morgan fingerprint density at radius 2 is 1.94 bits per heavy atom. The fourth-order valence-electron chi connectivity index (χ4n) is 1.37. The van der Waals surface area contributed by atoms with E-state index in [1.165, 1.54) is 0 Å². The molecule has 4 heteroatoms. The molecule has 0 bridgehead atoms. The molecule has 4 N–H and O–H groups in total. The number of carbonyl (C=O) groups excluding carboxylic acids is 1. The molecule has 1 atom stereocenters. The summed E-state index contributed by atoms with van der Waals surface area (Å²) in [5.41, 5.74) is 6.70. The van der Waals surface area contributed by atoms with Crippen LogP contribution >= 0.6 is 0 Å². The van der Waals surface area contributed by atoms with E-state index in [2.05, 4.69) is 5.32 Å². The van der Waals surface area contributed by atoms with Crippen LogP contribution in [-0.4, -0.2) is 23.1 Å². The van der Waals surface area contributed by atoms with Crippen LogP contribution in [0.25, 0.3) is 0 Å². The van der Waals surface area contributed by atoms with Gasteiger partial charge in [0.2, 0.25) is 5.91 Å². The van der Waals surface area contributed by atoms with Crippen molar-refractivity contribution in [3.63, 3.8) is 0 Å². The van der Waals surface area contributed by atoms with Crippen molar-refractivity contribution in [3.05, 3.63) is 29.8 Å². The van der Waals surface area contributed by atoms with Gasteiger partial charge < -0.3 is 16.2 Å². The topological polar surface area (TPSA) is 75.4 Å². The second kappa shape index (κ2) is 5.51. The van der Waals surface area contributed by atoms with E-state index in [9.17, 15) is 4.79 Å². The molecule has 1 amide bonds. The molecular weight excluding hydrogens is 204 g/mol. The highest BCUT2D eigenvalue weighted by Gasteiger charge is 2.14. The first-order valence-corrected chi connectivity index (χ1v) is 5.33. The minimum atomic E-state index is -0.549. The highest BCUT2D eigenvalue weighted by Crippen LogP contribution is 2.10. The Morgan fingerprint density at radius 3 is 2.44 bits per heavy atom. The second-order valence-electron chi connectivity index (χ2n) is 4.14. The minimum absolute atomic E-state index is 0.0957. The van der Waals surface area contributed by atoms with Crippen LogP contribution in [0, 0.1) is 0 Å². The maximum Gasteiger partial charge on any atom is 0.237 e. The normalized spacial score (nSPS) is 12.5. The maximum atomic E-state index is 11.5. The summed E-state index contributed by atoms with van der Waals surface area (Å²) in [6.07, 6.45) is 0.471. The van der Waals surface area contributed by atoms with E-state index in [0.717, 1.165) is 5.56 Å². The van der Waals surface area contributed by atoms with Crippen LogP contribution in [0.4, 0.5) is 0 Å². The molecule has 0 aliphatic carbocycles. The Labute approximate surface area is 95.5 Å². The molecule has 0 aromatic heterocycles. The molecule has 0 saturated heterocycles. The number of amides is 1. The van der Waals surface area contributed by atoms with E-state index in [1.54, 1.807) is 24.3 Å². The average Bonchev–Trinajstić information content (AvgIpc) is 2.20. The summed E-state index contributed by atoms with van der Waals surface area (Å²) in [5.74, 6) is 0.0621. The molecule has 0 aliphatic rings. The van der Waals surface area contributed by atoms with Gasteiger partial charge >= 0.3 is 0 Å². The van der Waals surface area contributed by atoms with Gasteiger partial charge in [0.15, 0.2) is 0 Å². The smallest absolute Gasteiger partial charge is 0.237 e. The van der Waals surface area contributed by atoms with E-state index in [1.807, 2.05) is 13.8 Å². The van der Waals surface area contributed by atoms with Crippen LogP contribution in [0.1, 0.15) is 19.4 Å². The molecule has 1 rings (SSSR count). The largest absolute Gasteiger partial charge is 0.508 e. The predicted octanol–water partition coefficient (Wildman–Crippen LogP) is 0.787. The lowest BCUT2D eigenvalue weighted by molar-refractivity contribution is -0.122. The number of phenolic OH excluding ortho intramolecular Hbond substituents is 1. The molecule has 0 aliphatic heterocycles. The highest BCUT2D eigenvalue weighted by molar-refractivity contribution is 5.82. The first-order chi connectivity index (χ1) is 7.49. The Hall–Kier alpha value is -1.55. The SMILES string of the molecule is CC(C)NC(=O)[C@@H](N)Cc1ccc(O)cc1. The lowest BCUT2D eigenvalue weighted by atomic mass is 10.1. The van der Waals surface area contributed by atoms with Gasteiger partial charge in [-0.25, -0.2) is 0 Å². The number of hydrogen-bond donors (Lipinski definition) is 3. The highest BCUT2D eigenvalue weighted by atomic mass is 16.3. The number of nitrogens with two attached hydrogens (primary N) is 1. The monoisotopic (exact) mass is 222 g/mol. The first-order valence-electron chi connectivity index (χ1n) is 5.33.